The Morgan fingerprint density at radius 1 is 1.30 bits per heavy atom. The van der Waals surface area contributed by atoms with E-state index in [0.717, 1.165) is 13.0 Å². The quantitative estimate of drug-likeness (QED) is 0.802. The average molecular weight is 301 g/mol. The molecule has 1 atom stereocenters. The number of likely N-dealkylation sites (tertiary alicyclic amines) is 1. The summed E-state index contributed by atoms with van der Waals surface area (Å²) >= 11 is 5.83. The minimum atomic E-state index is -0.0199. The van der Waals surface area contributed by atoms with Crippen LogP contribution in [-0.4, -0.2) is 52.2 Å². The predicted octanol–water partition coefficient (Wildman–Crippen LogP) is 2.18. The molecule has 112 valence electrons. The van der Waals surface area contributed by atoms with E-state index in [4.69, 9.17) is 21.1 Å². The van der Waals surface area contributed by atoms with Crippen molar-refractivity contribution >= 4 is 11.6 Å². The Kier molecular flexibility index (Phi) is 5.37. The van der Waals surface area contributed by atoms with E-state index in [1.54, 1.807) is 0 Å². The van der Waals surface area contributed by atoms with E-state index in [2.05, 4.69) is 26.9 Å². The van der Waals surface area contributed by atoms with Gasteiger partial charge in [0.2, 0.25) is 5.28 Å². The lowest BCUT2D eigenvalue weighted by Gasteiger charge is -2.18. The molecule has 20 heavy (non-hydrogen) atoms. The highest BCUT2D eigenvalue weighted by Crippen LogP contribution is 2.19. The molecule has 1 aromatic rings. The summed E-state index contributed by atoms with van der Waals surface area (Å²) in [5, 5.41) is 0.0867. The van der Waals surface area contributed by atoms with Gasteiger partial charge >= 0.3 is 12.0 Å². The van der Waals surface area contributed by atoms with Crippen molar-refractivity contribution < 1.29 is 9.47 Å². The number of hydrogen-bond acceptors (Lipinski definition) is 6. The third kappa shape index (κ3) is 4.45. The maximum Gasteiger partial charge on any atom is 0.324 e. The fraction of sp³-hybridized carbons (Fsp3) is 0.769. The molecule has 2 rings (SSSR count). The number of aromatic nitrogens is 3. The Labute approximate surface area is 124 Å². The fourth-order valence-electron chi connectivity index (χ4n) is 2.27. The van der Waals surface area contributed by atoms with Gasteiger partial charge in [0, 0.05) is 6.04 Å². The molecule has 0 N–H and O–H groups in total. The number of rotatable bonds is 6. The highest BCUT2D eigenvalue weighted by molar-refractivity contribution is 6.28. The van der Waals surface area contributed by atoms with Crippen LogP contribution >= 0.6 is 11.6 Å². The molecule has 6 nitrogen and oxygen atoms in total. The summed E-state index contributed by atoms with van der Waals surface area (Å²) in [4.78, 5) is 14.3. The second-order valence-electron chi connectivity index (χ2n) is 5.25. The number of hydrogen-bond donors (Lipinski definition) is 0. The minimum Gasteiger partial charge on any atom is -0.463 e. The first-order valence-electron chi connectivity index (χ1n) is 6.96. The van der Waals surface area contributed by atoms with Crippen molar-refractivity contribution in [2.24, 2.45) is 0 Å². The van der Waals surface area contributed by atoms with Crippen LogP contribution in [0.5, 0.6) is 12.0 Å². The molecule has 0 aliphatic carbocycles. The van der Waals surface area contributed by atoms with Gasteiger partial charge in [-0.25, -0.2) is 0 Å². The van der Waals surface area contributed by atoms with Crippen LogP contribution in [0.4, 0.5) is 0 Å². The van der Waals surface area contributed by atoms with Crippen molar-refractivity contribution in [3.8, 4) is 12.0 Å². The Morgan fingerprint density at radius 3 is 2.70 bits per heavy atom. The maximum atomic E-state index is 5.83. The second-order valence-corrected chi connectivity index (χ2v) is 5.59. The third-order valence-corrected chi connectivity index (χ3v) is 3.43. The number of ether oxygens (including phenoxy) is 2. The molecule has 1 aliphatic rings. The number of nitrogens with zero attached hydrogens (tertiary/aromatic N) is 4. The van der Waals surface area contributed by atoms with Gasteiger partial charge in [0.15, 0.2) is 0 Å². The SMILES string of the molecule is CC(C)Oc1nc(Cl)nc(OCCC2CCCN2C)n1. The van der Waals surface area contributed by atoms with Crippen molar-refractivity contribution in [3.05, 3.63) is 5.28 Å². The first-order chi connectivity index (χ1) is 9.54. The van der Waals surface area contributed by atoms with E-state index in [1.165, 1.54) is 12.8 Å². The van der Waals surface area contributed by atoms with E-state index in [9.17, 15) is 0 Å². The highest BCUT2D eigenvalue weighted by atomic mass is 35.5. The van der Waals surface area contributed by atoms with Gasteiger partial charge < -0.3 is 14.4 Å². The smallest absolute Gasteiger partial charge is 0.324 e. The molecule has 0 amide bonds. The molecule has 0 saturated carbocycles. The van der Waals surface area contributed by atoms with Gasteiger partial charge in [-0.05, 0) is 58.3 Å². The standard InChI is InChI=1S/C13H21ClN4O2/c1-9(2)20-13-16-11(14)15-12(17-13)19-8-6-10-5-4-7-18(10)3/h9-10H,4-8H2,1-3H3. The van der Waals surface area contributed by atoms with Crippen molar-refractivity contribution in [1.29, 1.82) is 0 Å². The molecule has 1 saturated heterocycles. The summed E-state index contributed by atoms with van der Waals surface area (Å²) in [6.45, 7) is 5.52. The van der Waals surface area contributed by atoms with Crippen LogP contribution in [0.25, 0.3) is 0 Å². The summed E-state index contributed by atoms with van der Waals surface area (Å²) in [5.41, 5.74) is 0. The zero-order chi connectivity index (χ0) is 14.5. The van der Waals surface area contributed by atoms with E-state index >= 15 is 0 Å². The van der Waals surface area contributed by atoms with Gasteiger partial charge in [0.25, 0.3) is 0 Å². The molecule has 7 heteroatoms. The molecule has 0 spiro atoms. The van der Waals surface area contributed by atoms with Gasteiger partial charge in [0.1, 0.15) is 0 Å². The summed E-state index contributed by atoms with van der Waals surface area (Å²) in [6.07, 6.45) is 3.42. The minimum absolute atomic E-state index is 0.0199. The van der Waals surface area contributed by atoms with Crippen LogP contribution in [0.3, 0.4) is 0 Å². The van der Waals surface area contributed by atoms with Gasteiger partial charge in [-0.15, -0.1) is 4.98 Å². The lowest BCUT2D eigenvalue weighted by molar-refractivity contribution is 0.202. The fourth-order valence-corrected chi connectivity index (χ4v) is 2.42. The zero-order valence-corrected chi connectivity index (χ0v) is 12.9. The van der Waals surface area contributed by atoms with Gasteiger partial charge in [-0.3, -0.25) is 0 Å². The van der Waals surface area contributed by atoms with E-state index in [0.29, 0.717) is 12.6 Å². The van der Waals surface area contributed by atoms with Gasteiger partial charge in [0.05, 0.1) is 12.7 Å². The first-order valence-corrected chi connectivity index (χ1v) is 7.33. The first kappa shape index (κ1) is 15.3. The summed E-state index contributed by atoms with van der Waals surface area (Å²) in [6, 6.07) is 1.01. The third-order valence-electron chi connectivity index (χ3n) is 3.26. The van der Waals surface area contributed by atoms with E-state index in [-0.39, 0.29) is 23.4 Å². The van der Waals surface area contributed by atoms with Crippen LogP contribution in [0, 0.1) is 0 Å². The Morgan fingerprint density at radius 2 is 2.05 bits per heavy atom. The summed E-state index contributed by atoms with van der Waals surface area (Å²) in [5.74, 6) is 0. The molecule has 2 heterocycles. The van der Waals surface area contributed by atoms with Crippen molar-refractivity contribution in [1.82, 2.24) is 19.9 Å². The normalized spacial score (nSPS) is 19.6. The highest BCUT2D eigenvalue weighted by Gasteiger charge is 2.20. The monoisotopic (exact) mass is 300 g/mol. The number of halogens is 1. The van der Waals surface area contributed by atoms with Gasteiger partial charge in [-0.1, -0.05) is 0 Å². The zero-order valence-electron chi connectivity index (χ0n) is 12.2. The van der Waals surface area contributed by atoms with Crippen LogP contribution < -0.4 is 9.47 Å². The Bertz CT molecular complexity index is 444. The molecule has 1 aromatic heterocycles. The predicted molar refractivity (Wildman–Crippen MR) is 76.4 cm³/mol. The molecule has 1 aliphatic heterocycles. The summed E-state index contributed by atoms with van der Waals surface area (Å²) < 4.78 is 11.0. The maximum absolute atomic E-state index is 5.83. The van der Waals surface area contributed by atoms with Crippen LogP contribution in [0.1, 0.15) is 33.1 Å². The topological polar surface area (TPSA) is 60.4 Å². The van der Waals surface area contributed by atoms with E-state index < -0.39 is 0 Å². The van der Waals surface area contributed by atoms with Crippen LogP contribution in [0.15, 0.2) is 0 Å². The lowest BCUT2D eigenvalue weighted by Crippen LogP contribution is -2.26. The van der Waals surface area contributed by atoms with Crippen molar-refractivity contribution in [2.75, 3.05) is 20.2 Å². The lowest BCUT2D eigenvalue weighted by atomic mass is 10.2. The van der Waals surface area contributed by atoms with Gasteiger partial charge in [-0.2, -0.15) is 9.97 Å². The molecule has 0 bridgehead atoms. The van der Waals surface area contributed by atoms with Crippen LogP contribution in [-0.2, 0) is 0 Å². The molecule has 0 aromatic carbocycles. The largest absolute Gasteiger partial charge is 0.463 e. The van der Waals surface area contributed by atoms with Crippen LogP contribution in [0.2, 0.25) is 5.28 Å². The second kappa shape index (κ2) is 7.04. The molecular weight excluding hydrogens is 280 g/mol. The Balaban J connectivity index is 1.87. The molecular formula is C13H21ClN4O2. The molecule has 1 fully saturated rings. The van der Waals surface area contributed by atoms with Crippen molar-refractivity contribution in [2.45, 2.75) is 45.3 Å². The van der Waals surface area contributed by atoms with Crippen molar-refractivity contribution in [3.63, 3.8) is 0 Å². The Hall–Kier alpha value is -1.14. The summed E-state index contributed by atoms with van der Waals surface area (Å²) in [7, 11) is 2.14. The van der Waals surface area contributed by atoms with E-state index in [1.807, 2.05) is 13.8 Å². The molecule has 1 unspecified atom stereocenters. The average Bonchev–Trinajstić information content (AvgIpc) is 2.73. The molecule has 0 radical (unpaired) electrons.